The first-order valence-corrected chi connectivity index (χ1v) is 11.8. The maximum atomic E-state index is 6.31. The Kier molecular flexibility index (Phi) is 15.8. The molecule has 0 nitrogen and oxygen atoms in total. The predicted octanol–water partition coefficient (Wildman–Crippen LogP) is 8.12. The summed E-state index contributed by atoms with van der Waals surface area (Å²) in [6.07, 6.45) is 11.8. The Bertz CT molecular complexity index is 223. The molecule has 0 aliphatic rings. The molecule has 2 atom stereocenters. The van der Waals surface area contributed by atoms with Gasteiger partial charge in [0, 0.05) is 10.5 Å². The Hall–Kier alpha value is 1.28. The van der Waals surface area contributed by atoms with Crippen LogP contribution in [0.2, 0.25) is 0 Å². The highest BCUT2D eigenvalue weighted by Gasteiger charge is 2.27. The van der Waals surface area contributed by atoms with E-state index in [1.54, 1.807) is 0 Å². The number of rotatable bonds is 14. The van der Waals surface area contributed by atoms with Gasteiger partial charge in [-0.3, -0.25) is 0 Å². The molecule has 0 radical (unpaired) electrons. The van der Waals surface area contributed by atoms with Crippen LogP contribution in [0.4, 0.5) is 0 Å². The molecule has 0 saturated heterocycles. The fourth-order valence-corrected chi connectivity index (χ4v) is 6.27. The van der Waals surface area contributed by atoms with Crippen molar-refractivity contribution >= 4 is 44.8 Å². The minimum atomic E-state index is -0.251. The van der Waals surface area contributed by atoms with Gasteiger partial charge in [0.2, 0.25) is 0 Å². The number of unbranched alkanes of at least 4 members (excludes halogenated alkanes) is 5. The van der Waals surface area contributed by atoms with E-state index in [9.17, 15) is 0 Å². The lowest BCUT2D eigenvalue weighted by atomic mass is 9.92. The van der Waals surface area contributed by atoms with Gasteiger partial charge in [0.25, 0.3) is 0 Å². The molecule has 21 heavy (non-hydrogen) atoms. The second-order valence-corrected chi connectivity index (χ2v) is 10.3. The summed E-state index contributed by atoms with van der Waals surface area (Å²) in [5, 5.41) is 1.00. The van der Waals surface area contributed by atoms with Crippen molar-refractivity contribution in [3.8, 4) is 0 Å². The minimum absolute atomic E-state index is 0.251. The van der Waals surface area contributed by atoms with E-state index in [0.717, 1.165) is 0 Å². The average Bonchev–Trinajstić information content (AvgIpc) is 2.42. The first-order chi connectivity index (χ1) is 10.0. The Morgan fingerprint density at radius 3 is 1.76 bits per heavy atom. The van der Waals surface area contributed by atoms with Crippen molar-refractivity contribution in [1.29, 1.82) is 0 Å². The molecule has 0 fully saturated rings. The number of hydrogen-bond acceptors (Lipinski definition) is 2. The van der Waals surface area contributed by atoms with E-state index in [0.29, 0.717) is 16.4 Å². The van der Waals surface area contributed by atoms with E-state index >= 15 is 0 Å². The van der Waals surface area contributed by atoms with Crippen molar-refractivity contribution in [2.75, 3.05) is 0 Å². The second kappa shape index (κ2) is 14.8. The van der Waals surface area contributed by atoms with Gasteiger partial charge >= 0.3 is 0 Å². The van der Waals surface area contributed by atoms with Crippen LogP contribution in [0.3, 0.4) is 0 Å². The summed E-state index contributed by atoms with van der Waals surface area (Å²) >= 11 is 12.6. The third-order valence-electron chi connectivity index (χ3n) is 3.68. The van der Waals surface area contributed by atoms with Crippen LogP contribution in [-0.4, -0.2) is 15.3 Å². The topological polar surface area (TPSA) is 0 Å². The standard InChI is InChI=1S/C17H34Cl2S2/c1-5-7-9-11-13-15(12-10-8-6-2)16(17(18)19)21-20-14(3)4/h14-17H,5-13H2,1-4H3/t15?,16-/m0/s1. The van der Waals surface area contributed by atoms with E-state index in [1.165, 1.54) is 57.8 Å². The van der Waals surface area contributed by atoms with Crippen LogP contribution < -0.4 is 0 Å². The smallest absolute Gasteiger partial charge is 0.104 e. The third-order valence-corrected chi connectivity index (χ3v) is 8.05. The molecular weight excluding hydrogens is 339 g/mol. The molecule has 1 unspecified atom stereocenters. The molecule has 128 valence electrons. The molecule has 0 aliphatic carbocycles. The van der Waals surface area contributed by atoms with E-state index in [4.69, 9.17) is 23.2 Å². The highest BCUT2D eigenvalue weighted by atomic mass is 35.5. The van der Waals surface area contributed by atoms with Crippen LogP contribution in [0.5, 0.6) is 0 Å². The summed E-state index contributed by atoms with van der Waals surface area (Å²) in [6.45, 7) is 9.01. The molecule has 0 spiro atoms. The Morgan fingerprint density at radius 1 is 0.762 bits per heavy atom. The number of alkyl halides is 2. The van der Waals surface area contributed by atoms with Crippen molar-refractivity contribution in [3.63, 3.8) is 0 Å². The van der Waals surface area contributed by atoms with Crippen LogP contribution in [0, 0.1) is 5.92 Å². The van der Waals surface area contributed by atoms with Gasteiger partial charge in [-0.1, -0.05) is 94.2 Å². The summed E-state index contributed by atoms with van der Waals surface area (Å²) in [7, 11) is 3.85. The fraction of sp³-hybridized carbons (Fsp3) is 1.00. The summed E-state index contributed by atoms with van der Waals surface area (Å²) in [5.41, 5.74) is 0. The highest BCUT2D eigenvalue weighted by Crippen LogP contribution is 2.42. The van der Waals surface area contributed by atoms with Crippen LogP contribution >= 0.6 is 44.8 Å². The molecular formula is C17H34Cl2S2. The summed E-state index contributed by atoms with van der Waals surface area (Å²) in [4.78, 5) is -0.251. The SMILES string of the molecule is CCCCCCC(CCCCC)[C@H](SSC(C)C)C(Cl)Cl. The molecule has 0 heterocycles. The largest absolute Gasteiger partial charge is 0.120 e. The average molecular weight is 373 g/mol. The zero-order chi connectivity index (χ0) is 16.1. The number of halogens is 2. The predicted molar refractivity (Wildman–Crippen MR) is 106 cm³/mol. The summed E-state index contributed by atoms with van der Waals surface area (Å²) in [6, 6.07) is 0. The molecule has 0 aliphatic heterocycles. The lowest BCUT2D eigenvalue weighted by Gasteiger charge is -2.28. The third kappa shape index (κ3) is 12.4. The van der Waals surface area contributed by atoms with Crippen molar-refractivity contribution in [2.24, 2.45) is 5.92 Å². The lowest BCUT2D eigenvalue weighted by Crippen LogP contribution is -2.23. The molecule has 0 aromatic rings. The van der Waals surface area contributed by atoms with Crippen molar-refractivity contribution < 1.29 is 0 Å². The van der Waals surface area contributed by atoms with Gasteiger partial charge in [0.15, 0.2) is 0 Å². The van der Waals surface area contributed by atoms with Crippen molar-refractivity contribution in [3.05, 3.63) is 0 Å². The Balaban J connectivity index is 4.43. The first kappa shape index (κ1) is 22.3. The van der Waals surface area contributed by atoms with Gasteiger partial charge in [0.05, 0.1) is 0 Å². The quantitative estimate of drug-likeness (QED) is 0.171. The second-order valence-electron chi connectivity index (χ2n) is 6.15. The Labute approximate surface area is 151 Å². The summed E-state index contributed by atoms with van der Waals surface area (Å²) in [5.74, 6) is 0.671. The minimum Gasteiger partial charge on any atom is -0.104 e. The van der Waals surface area contributed by atoms with Crippen LogP contribution in [0.1, 0.15) is 85.5 Å². The molecule has 4 heteroatoms. The molecule has 0 N–H and O–H groups in total. The van der Waals surface area contributed by atoms with Crippen LogP contribution in [0.15, 0.2) is 0 Å². The van der Waals surface area contributed by atoms with E-state index in [1.807, 2.05) is 21.6 Å². The molecule has 0 bridgehead atoms. The zero-order valence-corrected chi connectivity index (χ0v) is 17.4. The van der Waals surface area contributed by atoms with E-state index in [2.05, 4.69) is 27.7 Å². The monoisotopic (exact) mass is 372 g/mol. The molecule has 0 rings (SSSR count). The molecule has 0 amide bonds. The summed E-state index contributed by atoms with van der Waals surface area (Å²) < 4.78 is 0. The Morgan fingerprint density at radius 2 is 1.29 bits per heavy atom. The van der Waals surface area contributed by atoms with Gasteiger partial charge in [-0.2, -0.15) is 0 Å². The highest BCUT2D eigenvalue weighted by molar-refractivity contribution is 8.77. The van der Waals surface area contributed by atoms with Crippen LogP contribution in [-0.2, 0) is 0 Å². The first-order valence-electron chi connectivity index (χ1n) is 8.63. The zero-order valence-electron chi connectivity index (χ0n) is 14.2. The van der Waals surface area contributed by atoms with E-state index in [-0.39, 0.29) is 4.84 Å². The van der Waals surface area contributed by atoms with Gasteiger partial charge in [-0.25, -0.2) is 0 Å². The molecule has 0 saturated carbocycles. The fourth-order valence-electron chi connectivity index (χ4n) is 2.46. The lowest BCUT2D eigenvalue weighted by molar-refractivity contribution is 0.403. The number of hydrogen-bond donors (Lipinski definition) is 0. The van der Waals surface area contributed by atoms with E-state index < -0.39 is 0 Å². The maximum absolute atomic E-state index is 6.31. The van der Waals surface area contributed by atoms with Crippen molar-refractivity contribution in [1.82, 2.24) is 0 Å². The molecule has 0 aromatic heterocycles. The van der Waals surface area contributed by atoms with Crippen LogP contribution in [0.25, 0.3) is 0 Å². The van der Waals surface area contributed by atoms with Crippen molar-refractivity contribution in [2.45, 2.75) is 101 Å². The van der Waals surface area contributed by atoms with Gasteiger partial charge in [-0.15, -0.1) is 23.2 Å². The normalized spacial score (nSPS) is 14.9. The van der Waals surface area contributed by atoms with Gasteiger partial charge < -0.3 is 0 Å². The van der Waals surface area contributed by atoms with Gasteiger partial charge in [-0.05, 0) is 18.8 Å². The maximum Gasteiger partial charge on any atom is 0.120 e. The van der Waals surface area contributed by atoms with Gasteiger partial charge in [0.1, 0.15) is 4.84 Å². The molecule has 0 aromatic carbocycles.